The largest absolute Gasteiger partial charge is 2.00 e. The van der Waals surface area contributed by atoms with Crippen LogP contribution in [0.2, 0.25) is 0 Å². The maximum atomic E-state index is 3.30. The summed E-state index contributed by atoms with van der Waals surface area (Å²) in [6.45, 7) is 2.12. The van der Waals surface area contributed by atoms with Gasteiger partial charge in [0, 0.05) is 0 Å². The van der Waals surface area contributed by atoms with Crippen molar-refractivity contribution in [2.45, 2.75) is 13.3 Å². The van der Waals surface area contributed by atoms with E-state index in [0.717, 1.165) is 6.42 Å². The van der Waals surface area contributed by atoms with Crippen molar-refractivity contribution in [1.29, 1.82) is 0 Å². The van der Waals surface area contributed by atoms with E-state index in [-0.39, 0.29) is 51.0 Å². The SMILES string of the molecule is Cc1cc(-c2ccccc2)c[cH-]1.[Cl-].[Cl-].[Zr+2].[c-]1cccc2c1Cc1ccccc1-2.c1ccc([CH-]c2ccccc2)cc1. The second kappa shape index (κ2) is 17.6. The van der Waals surface area contributed by atoms with Crippen LogP contribution in [0.4, 0.5) is 0 Å². The predicted octanol–water partition coefficient (Wildman–Crippen LogP) is 3.73. The molecule has 0 aliphatic heterocycles. The minimum Gasteiger partial charge on any atom is -1.00 e. The molecule has 0 heterocycles. The Morgan fingerprint density at radius 2 is 1.15 bits per heavy atom. The molecule has 6 aromatic rings. The summed E-state index contributed by atoms with van der Waals surface area (Å²) in [5.41, 5.74) is 11.9. The third kappa shape index (κ3) is 9.69. The molecular formula is C38H31Cl2Zr-3. The van der Waals surface area contributed by atoms with Gasteiger partial charge in [-0.25, -0.2) is 6.07 Å². The molecule has 0 atom stereocenters. The molecule has 204 valence electrons. The van der Waals surface area contributed by atoms with Crippen LogP contribution in [0.1, 0.15) is 27.8 Å². The van der Waals surface area contributed by atoms with Crippen molar-refractivity contribution in [2.24, 2.45) is 0 Å². The summed E-state index contributed by atoms with van der Waals surface area (Å²) in [5.74, 6) is 0. The van der Waals surface area contributed by atoms with Crippen molar-refractivity contribution < 1.29 is 51.0 Å². The van der Waals surface area contributed by atoms with E-state index in [1.165, 1.54) is 50.1 Å². The Labute approximate surface area is 276 Å². The van der Waals surface area contributed by atoms with Crippen LogP contribution in [0, 0.1) is 19.4 Å². The summed E-state index contributed by atoms with van der Waals surface area (Å²) < 4.78 is 0. The molecule has 6 aromatic carbocycles. The quantitative estimate of drug-likeness (QED) is 0.256. The van der Waals surface area contributed by atoms with E-state index in [4.69, 9.17) is 0 Å². The molecule has 0 fully saturated rings. The molecule has 0 bridgehead atoms. The van der Waals surface area contributed by atoms with Crippen molar-refractivity contribution in [1.82, 2.24) is 0 Å². The molecule has 7 rings (SSSR count). The average molecular weight is 650 g/mol. The molecular weight excluding hydrogens is 619 g/mol. The first-order valence-electron chi connectivity index (χ1n) is 13.1. The van der Waals surface area contributed by atoms with E-state index in [1.807, 2.05) is 24.3 Å². The van der Waals surface area contributed by atoms with E-state index in [0.29, 0.717) is 0 Å². The van der Waals surface area contributed by atoms with Crippen molar-refractivity contribution in [3.63, 3.8) is 0 Å². The summed E-state index contributed by atoms with van der Waals surface area (Å²) in [6, 6.07) is 55.7. The van der Waals surface area contributed by atoms with Crippen molar-refractivity contribution in [3.05, 3.63) is 192 Å². The van der Waals surface area contributed by atoms with Crippen molar-refractivity contribution in [2.75, 3.05) is 0 Å². The van der Waals surface area contributed by atoms with Crippen molar-refractivity contribution in [3.8, 4) is 22.3 Å². The monoisotopic (exact) mass is 647 g/mol. The standard InChI is InChI=1S/C13H9.C13H11.C12H11.2ClH.Zr/c1-3-7-12-10(5-1)9-11-6-2-4-8-13(11)12;1-3-7-12(8-4-1)11-13-9-5-2-6-10-13;1-10-7-8-12(9-10)11-5-3-2-4-6-11;;;/h1-5,7-8H,9H2;1-11H;2-9H,1H3;2*1H;/q3*-1;;;+2/p-2. The molecule has 0 unspecified atom stereocenters. The molecule has 0 aromatic heterocycles. The van der Waals surface area contributed by atoms with Gasteiger partial charge in [-0.2, -0.15) is 53.1 Å². The summed E-state index contributed by atoms with van der Waals surface area (Å²) in [5, 5.41) is 0. The molecule has 0 saturated heterocycles. The van der Waals surface area contributed by atoms with Gasteiger partial charge in [0.15, 0.2) is 0 Å². The van der Waals surface area contributed by atoms with Crippen molar-refractivity contribution >= 4 is 0 Å². The predicted molar refractivity (Wildman–Crippen MR) is 161 cm³/mol. The van der Waals surface area contributed by atoms with Gasteiger partial charge >= 0.3 is 26.2 Å². The number of halogens is 2. The second-order valence-corrected chi connectivity index (χ2v) is 9.41. The van der Waals surface area contributed by atoms with Gasteiger partial charge in [0.25, 0.3) is 0 Å². The third-order valence-corrected chi connectivity index (χ3v) is 6.57. The molecule has 0 saturated carbocycles. The number of hydrogen-bond donors (Lipinski definition) is 0. The molecule has 0 amide bonds. The molecule has 3 heteroatoms. The number of rotatable bonds is 3. The van der Waals surface area contributed by atoms with E-state index >= 15 is 0 Å². The number of benzene rings is 5. The van der Waals surface area contributed by atoms with Gasteiger partial charge < -0.3 is 24.8 Å². The van der Waals surface area contributed by atoms with Gasteiger partial charge in [-0.3, -0.25) is 0 Å². The van der Waals surface area contributed by atoms with E-state index in [2.05, 4.69) is 147 Å². The Bertz CT molecular complexity index is 1480. The number of aryl methyl sites for hydroxylation is 1. The Kier molecular flexibility index (Phi) is 14.6. The molecule has 41 heavy (non-hydrogen) atoms. The fourth-order valence-corrected chi connectivity index (χ4v) is 4.66. The van der Waals surface area contributed by atoms with Crippen LogP contribution in [0.25, 0.3) is 22.3 Å². The number of fused-ring (bicyclic) bond motifs is 3. The van der Waals surface area contributed by atoms with E-state index in [1.54, 1.807) is 0 Å². The Balaban J connectivity index is 0.000000208. The minimum atomic E-state index is 0. The van der Waals surface area contributed by atoms with Crippen LogP contribution < -0.4 is 24.8 Å². The van der Waals surface area contributed by atoms with Gasteiger partial charge in [-0.1, -0.05) is 115 Å². The molecule has 0 nitrogen and oxygen atoms in total. The number of hydrogen-bond acceptors (Lipinski definition) is 0. The molecule has 1 aliphatic carbocycles. The van der Waals surface area contributed by atoms with Gasteiger partial charge in [0.05, 0.1) is 0 Å². The normalized spacial score (nSPS) is 9.88. The zero-order valence-corrected chi connectivity index (χ0v) is 26.9. The van der Waals surface area contributed by atoms with Crippen LogP contribution in [0.5, 0.6) is 0 Å². The second-order valence-electron chi connectivity index (χ2n) is 9.41. The maximum absolute atomic E-state index is 3.30. The third-order valence-electron chi connectivity index (χ3n) is 6.57. The van der Waals surface area contributed by atoms with Gasteiger partial charge in [0.2, 0.25) is 0 Å². The summed E-state index contributed by atoms with van der Waals surface area (Å²) in [4.78, 5) is 0. The molecule has 1 aliphatic rings. The van der Waals surface area contributed by atoms with Gasteiger partial charge in [-0.05, 0) is 6.42 Å². The fraction of sp³-hybridized carbons (Fsp3) is 0.0526. The first kappa shape index (κ1) is 34.0. The van der Waals surface area contributed by atoms with Gasteiger partial charge in [-0.15, -0.1) is 47.4 Å². The van der Waals surface area contributed by atoms with E-state index < -0.39 is 0 Å². The summed E-state index contributed by atoms with van der Waals surface area (Å²) in [7, 11) is 0. The Morgan fingerprint density at radius 1 is 0.610 bits per heavy atom. The smallest absolute Gasteiger partial charge is 1.00 e. The molecule has 0 N–H and O–H groups in total. The Hall–Kier alpha value is -3.22. The van der Waals surface area contributed by atoms with E-state index in [9.17, 15) is 0 Å². The molecule has 0 radical (unpaired) electrons. The zero-order chi connectivity index (χ0) is 26.0. The molecule has 0 spiro atoms. The van der Waals surface area contributed by atoms with Gasteiger partial charge in [0.1, 0.15) is 0 Å². The zero-order valence-electron chi connectivity index (χ0n) is 23.0. The summed E-state index contributed by atoms with van der Waals surface area (Å²) in [6.07, 6.45) is 3.21. The Morgan fingerprint density at radius 3 is 1.73 bits per heavy atom. The summed E-state index contributed by atoms with van der Waals surface area (Å²) >= 11 is 0. The maximum Gasteiger partial charge on any atom is 2.00 e. The van der Waals surface area contributed by atoms with Crippen LogP contribution >= 0.6 is 0 Å². The fourth-order valence-electron chi connectivity index (χ4n) is 4.66. The van der Waals surface area contributed by atoms with Crippen LogP contribution in [-0.2, 0) is 32.6 Å². The van der Waals surface area contributed by atoms with Crippen LogP contribution in [-0.4, -0.2) is 0 Å². The van der Waals surface area contributed by atoms with Crippen LogP contribution in [0.3, 0.4) is 0 Å². The minimum absolute atomic E-state index is 0. The average Bonchev–Trinajstić information content (AvgIpc) is 3.59. The first-order chi connectivity index (χ1) is 18.8. The topological polar surface area (TPSA) is 0 Å². The van der Waals surface area contributed by atoms with Crippen LogP contribution in [0.15, 0.2) is 152 Å². The first-order valence-corrected chi connectivity index (χ1v) is 13.1.